The molecule has 92 valence electrons. The molecule has 0 aliphatic heterocycles. The van der Waals surface area contributed by atoms with Gasteiger partial charge in [-0.05, 0) is 51.5 Å². The van der Waals surface area contributed by atoms with Crippen LogP contribution in [-0.2, 0) is 6.54 Å². The van der Waals surface area contributed by atoms with Gasteiger partial charge < -0.3 is 4.90 Å². The third-order valence-electron chi connectivity index (χ3n) is 2.65. The highest BCUT2D eigenvalue weighted by Gasteiger charge is 2.12. The molecule has 0 spiro atoms. The average molecular weight is 322 g/mol. The highest BCUT2D eigenvalue weighted by Crippen LogP contribution is 2.24. The maximum atomic E-state index is 9.20. The number of hydrogen-bond acceptors (Lipinski definition) is 4. The number of pyridine rings is 1. The van der Waals surface area contributed by atoms with Crippen LogP contribution in [0.5, 0.6) is 0 Å². The number of hydrogen-bond donors (Lipinski definition) is 0. The second kappa shape index (κ2) is 5.51. The highest BCUT2D eigenvalue weighted by molar-refractivity contribution is 9.11. The number of rotatable bonds is 3. The lowest BCUT2D eigenvalue weighted by Gasteiger charge is -2.19. The van der Waals surface area contributed by atoms with Gasteiger partial charge in [0.1, 0.15) is 11.9 Å². The summed E-state index contributed by atoms with van der Waals surface area (Å²) < 4.78 is 1.11. The van der Waals surface area contributed by atoms with Gasteiger partial charge in [0.2, 0.25) is 0 Å². The van der Waals surface area contributed by atoms with E-state index in [0.717, 1.165) is 21.7 Å². The van der Waals surface area contributed by atoms with Crippen LogP contribution in [0.3, 0.4) is 0 Å². The maximum absolute atomic E-state index is 9.20. The minimum atomic E-state index is 0.647. The average Bonchev–Trinajstić information content (AvgIpc) is 2.74. The Morgan fingerprint density at radius 2 is 2.33 bits per heavy atom. The second-order valence-electron chi connectivity index (χ2n) is 4.05. The first kappa shape index (κ1) is 13.1. The van der Waals surface area contributed by atoms with Gasteiger partial charge in [-0.15, -0.1) is 11.3 Å². The zero-order chi connectivity index (χ0) is 13.1. The molecule has 18 heavy (non-hydrogen) atoms. The van der Waals surface area contributed by atoms with Crippen molar-refractivity contribution in [3.63, 3.8) is 0 Å². The van der Waals surface area contributed by atoms with Crippen LogP contribution >= 0.6 is 27.3 Å². The summed E-state index contributed by atoms with van der Waals surface area (Å²) in [6, 6.07) is 6.17. The predicted octanol–water partition coefficient (Wildman–Crippen LogP) is 3.72. The van der Waals surface area contributed by atoms with Gasteiger partial charge in [0.15, 0.2) is 0 Å². The van der Waals surface area contributed by atoms with E-state index in [1.807, 2.05) is 24.9 Å². The quantitative estimate of drug-likeness (QED) is 0.864. The lowest BCUT2D eigenvalue weighted by atomic mass is 10.1. The van der Waals surface area contributed by atoms with E-state index >= 15 is 0 Å². The van der Waals surface area contributed by atoms with E-state index in [0.29, 0.717) is 5.56 Å². The number of anilines is 1. The van der Waals surface area contributed by atoms with Crippen LogP contribution in [0.2, 0.25) is 0 Å². The first-order valence-electron chi connectivity index (χ1n) is 5.41. The first-order chi connectivity index (χ1) is 8.61. The normalized spacial score (nSPS) is 10.1. The topological polar surface area (TPSA) is 39.9 Å². The van der Waals surface area contributed by atoms with Crippen LogP contribution in [0, 0.1) is 18.3 Å². The van der Waals surface area contributed by atoms with Crippen LogP contribution in [0.1, 0.15) is 16.7 Å². The summed E-state index contributed by atoms with van der Waals surface area (Å²) in [5.41, 5.74) is 2.82. The van der Waals surface area contributed by atoms with Crippen molar-refractivity contribution in [2.45, 2.75) is 13.5 Å². The summed E-state index contributed by atoms with van der Waals surface area (Å²) in [5.74, 6) is 0.736. The molecule has 0 N–H and O–H groups in total. The van der Waals surface area contributed by atoms with Gasteiger partial charge in [0.25, 0.3) is 0 Å². The van der Waals surface area contributed by atoms with E-state index in [1.54, 1.807) is 17.5 Å². The van der Waals surface area contributed by atoms with E-state index in [4.69, 9.17) is 0 Å². The molecule has 0 atom stereocenters. The van der Waals surface area contributed by atoms with Crippen molar-refractivity contribution in [1.29, 1.82) is 5.26 Å². The molecular weight excluding hydrogens is 310 g/mol. The van der Waals surface area contributed by atoms with E-state index in [9.17, 15) is 5.26 Å². The minimum absolute atomic E-state index is 0.647. The number of aryl methyl sites for hydroxylation is 1. The summed E-state index contributed by atoms with van der Waals surface area (Å²) in [6.07, 6.45) is 1.74. The molecule has 0 saturated carbocycles. The number of thiophene rings is 1. The van der Waals surface area contributed by atoms with Crippen molar-refractivity contribution >= 4 is 33.1 Å². The van der Waals surface area contributed by atoms with Crippen molar-refractivity contribution in [2.75, 3.05) is 11.9 Å². The molecule has 0 aliphatic rings. The molecule has 0 unspecified atom stereocenters. The Morgan fingerprint density at radius 3 is 2.94 bits per heavy atom. The Hall–Kier alpha value is -1.38. The fourth-order valence-electron chi connectivity index (χ4n) is 1.75. The van der Waals surface area contributed by atoms with Crippen molar-refractivity contribution in [1.82, 2.24) is 4.98 Å². The van der Waals surface area contributed by atoms with Crippen LogP contribution in [0.25, 0.3) is 0 Å². The Labute approximate surface area is 119 Å². The van der Waals surface area contributed by atoms with E-state index in [1.165, 1.54) is 5.56 Å². The molecule has 5 heteroatoms. The summed E-state index contributed by atoms with van der Waals surface area (Å²) in [5, 5.41) is 11.3. The Kier molecular flexibility index (Phi) is 4.00. The van der Waals surface area contributed by atoms with Crippen LogP contribution < -0.4 is 4.90 Å². The number of aromatic nitrogens is 1. The number of nitriles is 1. The van der Waals surface area contributed by atoms with Gasteiger partial charge in [-0.25, -0.2) is 4.98 Å². The summed E-state index contributed by atoms with van der Waals surface area (Å²) in [4.78, 5) is 6.31. The molecule has 0 aliphatic carbocycles. The monoisotopic (exact) mass is 321 g/mol. The summed E-state index contributed by atoms with van der Waals surface area (Å²) >= 11 is 5.11. The van der Waals surface area contributed by atoms with Gasteiger partial charge in [-0.1, -0.05) is 0 Å². The molecule has 2 aromatic heterocycles. The van der Waals surface area contributed by atoms with E-state index < -0.39 is 0 Å². The Morgan fingerprint density at radius 1 is 1.56 bits per heavy atom. The van der Waals surface area contributed by atoms with Crippen molar-refractivity contribution in [2.24, 2.45) is 0 Å². The van der Waals surface area contributed by atoms with Gasteiger partial charge >= 0.3 is 0 Å². The van der Waals surface area contributed by atoms with Crippen LogP contribution in [-0.4, -0.2) is 12.0 Å². The molecule has 0 aromatic carbocycles. The Balaban J connectivity index is 2.27. The third-order valence-corrected chi connectivity index (χ3v) is 4.21. The molecule has 0 bridgehead atoms. The van der Waals surface area contributed by atoms with Crippen LogP contribution in [0.4, 0.5) is 5.82 Å². The van der Waals surface area contributed by atoms with Gasteiger partial charge in [0, 0.05) is 19.8 Å². The molecule has 2 aromatic rings. The van der Waals surface area contributed by atoms with Gasteiger partial charge in [-0.2, -0.15) is 5.26 Å². The lowest BCUT2D eigenvalue weighted by molar-refractivity contribution is 0.896. The fourth-order valence-corrected chi connectivity index (χ4v) is 2.95. The van der Waals surface area contributed by atoms with E-state index in [2.05, 4.69) is 38.4 Å². The largest absolute Gasteiger partial charge is 0.354 e. The van der Waals surface area contributed by atoms with Crippen LogP contribution in [0.15, 0.2) is 27.5 Å². The van der Waals surface area contributed by atoms with Gasteiger partial charge in [0.05, 0.1) is 9.35 Å². The standard InChI is InChI=1S/C13H12BrN3S/c1-9-3-4-16-13(11(9)6-15)17(2)7-10-5-12(14)18-8-10/h3-5,8H,7H2,1-2H3. The van der Waals surface area contributed by atoms with Gasteiger partial charge in [-0.3, -0.25) is 0 Å². The van der Waals surface area contributed by atoms with Crippen molar-refractivity contribution in [3.05, 3.63) is 44.2 Å². The van der Waals surface area contributed by atoms with Crippen molar-refractivity contribution < 1.29 is 0 Å². The number of halogens is 1. The molecule has 2 heterocycles. The molecule has 0 radical (unpaired) electrons. The van der Waals surface area contributed by atoms with E-state index in [-0.39, 0.29) is 0 Å². The SMILES string of the molecule is Cc1ccnc(N(C)Cc2csc(Br)c2)c1C#N. The fraction of sp³-hybridized carbons (Fsp3) is 0.231. The third kappa shape index (κ3) is 2.71. The molecule has 0 saturated heterocycles. The Bertz CT molecular complexity index is 601. The highest BCUT2D eigenvalue weighted by atomic mass is 79.9. The molecule has 3 nitrogen and oxygen atoms in total. The van der Waals surface area contributed by atoms with Crippen molar-refractivity contribution in [3.8, 4) is 6.07 Å². The summed E-state index contributed by atoms with van der Waals surface area (Å²) in [6.45, 7) is 2.67. The second-order valence-corrected chi connectivity index (χ2v) is 6.34. The zero-order valence-electron chi connectivity index (χ0n) is 10.1. The molecule has 0 amide bonds. The number of nitrogens with zero attached hydrogens (tertiary/aromatic N) is 3. The minimum Gasteiger partial charge on any atom is -0.354 e. The summed E-state index contributed by atoms with van der Waals surface area (Å²) in [7, 11) is 1.95. The molecule has 0 fully saturated rings. The lowest BCUT2D eigenvalue weighted by Crippen LogP contribution is -2.18. The molecule has 2 rings (SSSR count). The maximum Gasteiger partial charge on any atom is 0.146 e. The zero-order valence-corrected chi connectivity index (χ0v) is 12.5. The smallest absolute Gasteiger partial charge is 0.146 e. The molecular formula is C13H12BrN3S. The first-order valence-corrected chi connectivity index (χ1v) is 7.09. The predicted molar refractivity (Wildman–Crippen MR) is 77.8 cm³/mol.